The third-order valence-corrected chi connectivity index (χ3v) is 4.02. The summed E-state index contributed by atoms with van der Waals surface area (Å²) in [7, 11) is 3.48. The summed E-state index contributed by atoms with van der Waals surface area (Å²) in [6, 6.07) is 8.98. The first kappa shape index (κ1) is 16.2. The maximum absolute atomic E-state index is 11.9. The molecule has 0 saturated carbocycles. The standard InChI is InChI=1S/C17H21N5O2/c1-21-9-11-22(12-10-21)17-18-8-7-15(20-17)19-14-6-4-3-5-13(14)16(23)24-2/h3-8H,9-12H2,1-2H3,(H,18,19,20). The fourth-order valence-corrected chi connectivity index (χ4v) is 2.59. The average Bonchev–Trinajstić information content (AvgIpc) is 2.62. The minimum Gasteiger partial charge on any atom is -0.465 e. The third-order valence-electron chi connectivity index (χ3n) is 4.02. The Morgan fingerprint density at radius 1 is 1.17 bits per heavy atom. The first-order chi connectivity index (χ1) is 11.7. The van der Waals surface area contributed by atoms with Crippen LogP contribution in [0, 0.1) is 0 Å². The van der Waals surface area contributed by atoms with Crippen molar-refractivity contribution in [1.82, 2.24) is 14.9 Å². The Morgan fingerprint density at radius 3 is 2.67 bits per heavy atom. The Bertz CT molecular complexity index is 714. The summed E-state index contributed by atoms with van der Waals surface area (Å²) in [6.07, 6.45) is 1.73. The first-order valence-electron chi connectivity index (χ1n) is 7.88. The zero-order valence-corrected chi connectivity index (χ0v) is 13.9. The Labute approximate surface area is 141 Å². The van der Waals surface area contributed by atoms with E-state index in [4.69, 9.17) is 4.74 Å². The Balaban J connectivity index is 1.79. The number of carbonyl (C=O) groups excluding carboxylic acids is 1. The highest BCUT2D eigenvalue weighted by atomic mass is 16.5. The van der Waals surface area contributed by atoms with Crippen molar-refractivity contribution in [3.63, 3.8) is 0 Å². The topological polar surface area (TPSA) is 70.6 Å². The fraction of sp³-hybridized carbons (Fsp3) is 0.353. The molecule has 1 saturated heterocycles. The first-order valence-corrected chi connectivity index (χ1v) is 7.88. The minimum atomic E-state index is -0.383. The van der Waals surface area contributed by atoms with Crippen molar-refractivity contribution < 1.29 is 9.53 Å². The van der Waals surface area contributed by atoms with E-state index >= 15 is 0 Å². The number of piperazine rings is 1. The van der Waals surface area contributed by atoms with Gasteiger partial charge in [0.05, 0.1) is 18.4 Å². The van der Waals surface area contributed by atoms with Crippen LogP contribution >= 0.6 is 0 Å². The van der Waals surface area contributed by atoms with Gasteiger partial charge in [0, 0.05) is 32.4 Å². The van der Waals surface area contributed by atoms with Crippen LogP contribution in [-0.2, 0) is 4.74 Å². The predicted molar refractivity (Wildman–Crippen MR) is 92.8 cm³/mol. The SMILES string of the molecule is COC(=O)c1ccccc1Nc1ccnc(N2CCN(C)CC2)n1. The maximum Gasteiger partial charge on any atom is 0.339 e. The molecule has 7 heteroatoms. The van der Waals surface area contributed by atoms with Crippen molar-refractivity contribution in [3.05, 3.63) is 42.1 Å². The van der Waals surface area contributed by atoms with E-state index in [-0.39, 0.29) is 5.97 Å². The number of hydrogen-bond acceptors (Lipinski definition) is 7. The highest BCUT2D eigenvalue weighted by Gasteiger charge is 2.17. The summed E-state index contributed by atoms with van der Waals surface area (Å²) >= 11 is 0. The second kappa shape index (κ2) is 7.27. The van der Waals surface area contributed by atoms with Crippen molar-refractivity contribution in [1.29, 1.82) is 0 Å². The maximum atomic E-state index is 11.9. The number of benzene rings is 1. The van der Waals surface area contributed by atoms with Crippen molar-refractivity contribution in [3.8, 4) is 0 Å². The molecule has 2 heterocycles. The highest BCUT2D eigenvalue weighted by molar-refractivity contribution is 5.96. The molecule has 126 valence electrons. The molecule has 2 aromatic rings. The number of nitrogens with one attached hydrogen (secondary N) is 1. The molecule has 0 bridgehead atoms. The van der Waals surface area contributed by atoms with Gasteiger partial charge < -0.3 is 19.9 Å². The van der Waals surface area contributed by atoms with Gasteiger partial charge in [0.1, 0.15) is 5.82 Å². The number of likely N-dealkylation sites (N-methyl/N-ethyl adjacent to an activating group) is 1. The van der Waals surface area contributed by atoms with Crippen LogP contribution in [0.2, 0.25) is 0 Å². The number of methoxy groups -OCH3 is 1. The van der Waals surface area contributed by atoms with Gasteiger partial charge in [-0.15, -0.1) is 0 Å². The molecule has 0 unspecified atom stereocenters. The average molecular weight is 327 g/mol. The lowest BCUT2D eigenvalue weighted by Gasteiger charge is -2.32. The van der Waals surface area contributed by atoms with E-state index < -0.39 is 0 Å². The van der Waals surface area contributed by atoms with Gasteiger partial charge in [-0.3, -0.25) is 0 Å². The van der Waals surface area contributed by atoms with E-state index in [2.05, 4.69) is 32.1 Å². The van der Waals surface area contributed by atoms with Crippen molar-refractivity contribution in [2.45, 2.75) is 0 Å². The van der Waals surface area contributed by atoms with Crippen molar-refractivity contribution >= 4 is 23.4 Å². The van der Waals surface area contributed by atoms with E-state index in [0.717, 1.165) is 26.2 Å². The van der Waals surface area contributed by atoms with Gasteiger partial charge in [-0.25, -0.2) is 9.78 Å². The van der Waals surface area contributed by atoms with Gasteiger partial charge >= 0.3 is 5.97 Å². The summed E-state index contributed by atoms with van der Waals surface area (Å²) in [4.78, 5) is 25.3. The predicted octanol–water partition coefficient (Wildman–Crippen LogP) is 1.76. The molecule has 1 aromatic carbocycles. The summed E-state index contributed by atoms with van der Waals surface area (Å²) in [5.41, 5.74) is 1.13. The Morgan fingerprint density at radius 2 is 1.92 bits per heavy atom. The van der Waals surface area contributed by atoms with Crippen LogP contribution in [0.1, 0.15) is 10.4 Å². The van der Waals surface area contributed by atoms with Gasteiger partial charge in [-0.05, 0) is 25.2 Å². The number of ether oxygens (including phenoxy) is 1. The van der Waals surface area contributed by atoms with Crippen LogP contribution in [0.5, 0.6) is 0 Å². The Kier molecular flexibility index (Phi) is 4.90. The number of carbonyl (C=O) groups is 1. The van der Waals surface area contributed by atoms with Crippen LogP contribution in [0.3, 0.4) is 0 Å². The second-order valence-electron chi connectivity index (χ2n) is 5.69. The zero-order chi connectivity index (χ0) is 16.9. The number of anilines is 3. The molecule has 0 aliphatic carbocycles. The van der Waals surface area contributed by atoms with Crippen LogP contribution in [0.4, 0.5) is 17.5 Å². The number of aromatic nitrogens is 2. The molecule has 3 rings (SSSR count). The van der Waals surface area contributed by atoms with E-state index in [1.54, 1.807) is 24.4 Å². The van der Waals surface area contributed by atoms with Crippen LogP contribution < -0.4 is 10.2 Å². The molecule has 0 spiro atoms. The molecule has 1 aliphatic rings. The van der Waals surface area contributed by atoms with Gasteiger partial charge in [0.25, 0.3) is 0 Å². The quantitative estimate of drug-likeness (QED) is 0.858. The lowest BCUT2D eigenvalue weighted by Crippen LogP contribution is -2.45. The monoisotopic (exact) mass is 327 g/mol. The fourth-order valence-electron chi connectivity index (χ4n) is 2.59. The lowest BCUT2D eigenvalue weighted by atomic mass is 10.2. The molecule has 7 nitrogen and oxygen atoms in total. The molecule has 0 amide bonds. The van der Waals surface area contributed by atoms with E-state index in [9.17, 15) is 4.79 Å². The second-order valence-corrected chi connectivity index (χ2v) is 5.69. The molecular formula is C17H21N5O2. The lowest BCUT2D eigenvalue weighted by molar-refractivity contribution is 0.0602. The van der Waals surface area contributed by atoms with Gasteiger partial charge in [-0.2, -0.15) is 4.98 Å². The Hall–Kier alpha value is -2.67. The van der Waals surface area contributed by atoms with Crippen molar-refractivity contribution in [2.75, 3.05) is 50.6 Å². The smallest absolute Gasteiger partial charge is 0.339 e. The largest absolute Gasteiger partial charge is 0.465 e. The molecular weight excluding hydrogens is 306 g/mol. The van der Waals surface area contributed by atoms with E-state index in [1.807, 2.05) is 12.1 Å². The highest BCUT2D eigenvalue weighted by Crippen LogP contribution is 2.21. The normalized spacial score (nSPS) is 15.2. The van der Waals surface area contributed by atoms with Gasteiger partial charge in [0.2, 0.25) is 5.95 Å². The molecule has 0 radical (unpaired) electrons. The van der Waals surface area contributed by atoms with E-state index in [1.165, 1.54) is 7.11 Å². The molecule has 1 N–H and O–H groups in total. The number of rotatable bonds is 4. The van der Waals surface area contributed by atoms with Gasteiger partial charge in [0.15, 0.2) is 0 Å². The van der Waals surface area contributed by atoms with Gasteiger partial charge in [-0.1, -0.05) is 12.1 Å². The van der Waals surface area contributed by atoms with Crippen LogP contribution in [-0.4, -0.2) is 61.2 Å². The molecule has 1 aliphatic heterocycles. The molecule has 24 heavy (non-hydrogen) atoms. The molecule has 0 atom stereocenters. The number of nitrogens with zero attached hydrogens (tertiary/aromatic N) is 4. The summed E-state index contributed by atoms with van der Waals surface area (Å²) in [5.74, 6) is 0.963. The zero-order valence-electron chi connectivity index (χ0n) is 13.9. The van der Waals surface area contributed by atoms with Crippen LogP contribution in [0.25, 0.3) is 0 Å². The van der Waals surface area contributed by atoms with Crippen LogP contribution in [0.15, 0.2) is 36.5 Å². The van der Waals surface area contributed by atoms with Crippen molar-refractivity contribution in [2.24, 2.45) is 0 Å². The molecule has 1 aromatic heterocycles. The van der Waals surface area contributed by atoms with E-state index in [0.29, 0.717) is 23.0 Å². The number of para-hydroxylation sites is 1. The third kappa shape index (κ3) is 3.62. The minimum absolute atomic E-state index is 0.383. The molecule has 1 fully saturated rings. The number of esters is 1. The summed E-state index contributed by atoms with van der Waals surface area (Å²) < 4.78 is 4.82. The summed E-state index contributed by atoms with van der Waals surface area (Å²) in [5, 5.41) is 3.19. The number of hydrogen-bond donors (Lipinski definition) is 1. The summed E-state index contributed by atoms with van der Waals surface area (Å²) in [6.45, 7) is 3.79.